The lowest BCUT2D eigenvalue weighted by Gasteiger charge is -2.12. The quantitative estimate of drug-likeness (QED) is 0.694. The lowest BCUT2D eigenvalue weighted by Crippen LogP contribution is -2.22. The number of nitrogens with one attached hydrogen (secondary N) is 1. The lowest BCUT2D eigenvalue weighted by atomic mass is 10.1. The fourth-order valence-corrected chi connectivity index (χ4v) is 2.59. The van der Waals surface area contributed by atoms with E-state index in [0.29, 0.717) is 23.7 Å². The zero-order valence-electron chi connectivity index (χ0n) is 11.1. The first-order valence-corrected chi connectivity index (χ1v) is 6.91. The molecule has 2 aromatic rings. The highest BCUT2D eigenvalue weighted by atomic mass is 35.5. The first-order chi connectivity index (χ1) is 10.1. The standard InChI is InChI=1S/C15H13ClN2O3/c16-11-6-5-10(14(7-11)18(19)20)8-17-13-9-21-15-4-2-1-3-12(13)15/h1-7,13,17H,8-9H2. The van der Waals surface area contributed by atoms with Crippen LogP contribution in [0.4, 0.5) is 5.69 Å². The molecular weight excluding hydrogens is 292 g/mol. The fourth-order valence-electron chi connectivity index (χ4n) is 2.42. The molecule has 0 aliphatic carbocycles. The molecular formula is C15H13ClN2O3. The van der Waals surface area contributed by atoms with Crippen molar-refractivity contribution in [3.05, 3.63) is 68.7 Å². The zero-order valence-corrected chi connectivity index (χ0v) is 11.8. The first-order valence-electron chi connectivity index (χ1n) is 6.53. The molecule has 1 atom stereocenters. The Kier molecular flexibility index (Phi) is 3.77. The van der Waals surface area contributed by atoms with Crippen LogP contribution in [0.15, 0.2) is 42.5 Å². The molecule has 1 heterocycles. The number of benzene rings is 2. The molecule has 0 amide bonds. The van der Waals surface area contributed by atoms with E-state index in [0.717, 1.165) is 11.3 Å². The largest absolute Gasteiger partial charge is 0.491 e. The van der Waals surface area contributed by atoms with Gasteiger partial charge in [0.2, 0.25) is 0 Å². The number of halogens is 1. The van der Waals surface area contributed by atoms with Crippen LogP contribution in [-0.4, -0.2) is 11.5 Å². The van der Waals surface area contributed by atoms with Crippen molar-refractivity contribution in [1.82, 2.24) is 5.32 Å². The summed E-state index contributed by atoms with van der Waals surface area (Å²) in [4.78, 5) is 10.6. The maximum atomic E-state index is 11.1. The van der Waals surface area contributed by atoms with Crippen molar-refractivity contribution in [2.75, 3.05) is 6.61 Å². The molecule has 0 spiro atoms. The Morgan fingerprint density at radius 1 is 1.33 bits per heavy atom. The number of rotatable bonds is 4. The van der Waals surface area contributed by atoms with Gasteiger partial charge in [0.25, 0.3) is 5.69 Å². The van der Waals surface area contributed by atoms with Gasteiger partial charge in [-0.3, -0.25) is 10.1 Å². The average Bonchev–Trinajstić information content (AvgIpc) is 2.89. The zero-order chi connectivity index (χ0) is 14.8. The van der Waals surface area contributed by atoms with E-state index in [9.17, 15) is 10.1 Å². The van der Waals surface area contributed by atoms with Crippen molar-refractivity contribution in [3.8, 4) is 5.75 Å². The number of nitrogens with zero attached hydrogens (tertiary/aromatic N) is 1. The van der Waals surface area contributed by atoms with Gasteiger partial charge in [-0.1, -0.05) is 29.8 Å². The van der Waals surface area contributed by atoms with Gasteiger partial charge in [0.05, 0.1) is 11.0 Å². The average molecular weight is 305 g/mol. The second-order valence-electron chi connectivity index (χ2n) is 4.81. The Morgan fingerprint density at radius 3 is 2.95 bits per heavy atom. The van der Waals surface area contributed by atoms with Crippen molar-refractivity contribution in [1.29, 1.82) is 0 Å². The van der Waals surface area contributed by atoms with Crippen LogP contribution in [0.25, 0.3) is 0 Å². The molecule has 0 fully saturated rings. The molecule has 0 saturated heterocycles. The molecule has 6 heteroatoms. The molecule has 108 valence electrons. The van der Waals surface area contributed by atoms with Gasteiger partial charge in [0.1, 0.15) is 12.4 Å². The van der Waals surface area contributed by atoms with Gasteiger partial charge in [0.15, 0.2) is 0 Å². The van der Waals surface area contributed by atoms with E-state index >= 15 is 0 Å². The maximum Gasteiger partial charge on any atom is 0.275 e. The van der Waals surface area contributed by atoms with E-state index in [-0.39, 0.29) is 11.7 Å². The van der Waals surface area contributed by atoms with E-state index < -0.39 is 4.92 Å². The minimum absolute atomic E-state index is 0.0298. The SMILES string of the molecule is O=[N+]([O-])c1cc(Cl)ccc1CNC1COc2ccccc21. The van der Waals surface area contributed by atoms with E-state index in [1.807, 2.05) is 24.3 Å². The van der Waals surface area contributed by atoms with Crippen LogP contribution in [0.3, 0.4) is 0 Å². The maximum absolute atomic E-state index is 11.1. The van der Waals surface area contributed by atoms with Crippen molar-refractivity contribution < 1.29 is 9.66 Å². The van der Waals surface area contributed by atoms with Gasteiger partial charge in [-0.15, -0.1) is 0 Å². The summed E-state index contributed by atoms with van der Waals surface area (Å²) in [7, 11) is 0. The van der Waals surface area contributed by atoms with E-state index in [2.05, 4.69) is 5.32 Å². The third-order valence-corrected chi connectivity index (χ3v) is 3.72. The molecule has 1 unspecified atom stereocenters. The van der Waals surface area contributed by atoms with Crippen LogP contribution >= 0.6 is 11.6 Å². The van der Waals surface area contributed by atoms with Gasteiger partial charge in [-0.2, -0.15) is 0 Å². The van der Waals surface area contributed by atoms with E-state index in [1.54, 1.807) is 12.1 Å². The Balaban J connectivity index is 1.76. The topological polar surface area (TPSA) is 64.4 Å². The molecule has 1 aliphatic heterocycles. The van der Waals surface area contributed by atoms with Crippen molar-refractivity contribution in [2.45, 2.75) is 12.6 Å². The number of hydrogen-bond acceptors (Lipinski definition) is 4. The Morgan fingerprint density at radius 2 is 2.14 bits per heavy atom. The smallest absolute Gasteiger partial charge is 0.275 e. The van der Waals surface area contributed by atoms with Gasteiger partial charge < -0.3 is 10.1 Å². The van der Waals surface area contributed by atoms with Gasteiger partial charge in [-0.05, 0) is 18.2 Å². The minimum Gasteiger partial charge on any atom is -0.491 e. The molecule has 0 aromatic heterocycles. The molecule has 0 saturated carbocycles. The molecule has 21 heavy (non-hydrogen) atoms. The van der Waals surface area contributed by atoms with Crippen molar-refractivity contribution in [2.24, 2.45) is 0 Å². The van der Waals surface area contributed by atoms with Crippen LogP contribution in [0.2, 0.25) is 5.02 Å². The fraction of sp³-hybridized carbons (Fsp3) is 0.200. The van der Waals surface area contributed by atoms with Crippen molar-refractivity contribution >= 4 is 17.3 Å². The molecule has 1 aliphatic rings. The van der Waals surface area contributed by atoms with Gasteiger partial charge in [0, 0.05) is 28.8 Å². The normalized spacial score (nSPS) is 16.3. The minimum atomic E-state index is -0.415. The Bertz CT molecular complexity index is 690. The second kappa shape index (κ2) is 5.71. The summed E-state index contributed by atoms with van der Waals surface area (Å²) in [6, 6.07) is 12.5. The highest BCUT2D eigenvalue weighted by Crippen LogP contribution is 2.32. The monoisotopic (exact) mass is 304 g/mol. The van der Waals surface area contributed by atoms with Crippen LogP contribution in [0, 0.1) is 10.1 Å². The summed E-state index contributed by atoms with van der Waals surface area (Å²) in [5, 5.41) is 14.7. The van der Waals surface area contributed by atoms with Crippen molar-refractivity contribution in [3.63, 3.8) is 0 Å². The molecule has 2 aromatic carbocycles. The number of fused-ring (bicyclic) bond motifs is 1. The Labute approximate surface area is 126 Å². The number of para-hydroxylation sites is 1. The highest BCUT2D eigenvalue weighted by Gasteiger charge is 2.24. The molecule has 5 nitrogen and oxygen atoms in total. The van der Waals surface area contributed by atoms with Crippen LogP contribution in [0.5, 0.6) is 5.75 Å². The summed E-state index contributed by atoms with van der Waals surface area (Å²) < 4.78 is 5.58. The van der Waals surface area contributed by atoms with Gasteiger partial charge >= 0.3 is 0 Å². The third-order valence-electron chi connectivity index (χ3n) is 3.48. The first kappa shape index (κ1) is 13.9. The summed E-state index contributed by atoms with van der Waals surface area (Å²) in [6.07, 6.45) is 0. The third kappa shape index (κ3) is 2.84. The molecule has 3 rings (SSSR count). The van der Waals surface area contributed by atoms with E-state index in [1.165, 1.54) is 6.07 Å². The Hall–Kier alpha value is -2.11. The number of ether oxygens (including phenoxy) is 1. The molecule has 0 radical (unpaired) electrons. The lowest BCUT2D eigenvalue weighted by molar-refractivity contribution is -0.385. The number of hydrogen-bond donors (Lipinski definition) is 1. The molecule has 1 N–H and O–H groups in total. The summed E-state index contributed by atoms with van der Waals surface area (Å²) in [5.74, 6) is 0.862. The van der Waals surface area contributed by atoms with Crippen LogP contribution < -0.4 is 10.1 Å². The number of nitro benzene ring substituents is 1. The second-order valence-corrected chi connectivity index (χ2v) is 5.25. The van der Waals surface area contributed by atoms with Crippen LogP contribution in [0.1, 0.15) is 17.2 Å². The van der Waals surface area contributed by atoms with E-state index in [4.69, 9.17) is 16.3 Å². The number of nitro groups is 1. The van der Waals surface area contributed by atoms with Gasteiger partial charge in [-0.25, -0.2) is 0 Å². The summed E-state index contributed by atoms with van der Waals surface area (Å²) >= 11 is 5.81. The van der Waals surface area contributed by atoms with Crippen LogP contribution in [-0.2, 0) is 6.54 Å². The predicted molar refractivity (Wildman–Crippen MR) is 79.6 cm³/mol. The summed E-state index contributed by atoms with van der Waals surface area (Å²) in [5.41, 5.74) is 1.71. The molecule has 0 bridgehead atoms. The summed E-state index contributed by atoms with van der Waals surface area (Å²) in [6.45, 7) is 0.913. The predicted octanol–water partition coefficient (Wildman–Crippen LogP) is 3.47. The highest BCUT2D eigenvalue weighted by molar-refractivity contribution is 6.30.